The first-order valence-electron chi connectivity index (χ1n) is 6.82. The molecule has 120 valence electrons. The second-order valence-electron chi connectivity index (χ2n) is 4.88. The highest BCUT2D eigenvalue weighted by atomic mass is 16.6. The SMILES string of the molecule is CCOc1nc(N)c2ncn([C@@H]3O[C@H](CO)C(O)C3O)c2n1. The summed E-state index contributed by atoms with van der Waals surface area (Å²) in [6, 6.07) is 0.0843. The molecule has 22 heavy (non-hydrogen) atoms. The summed E-state index contributed by atoms with van der Waals surface area (Å²) >= 11 is 0. The molecule has 3 rings (SSSR count). The number of anilines is 1. The Morgan fingerprint density at radius 1 is 1.36 bits per heavy atom. The number of fused-ring (bicyclic) bond motifs is 1. The minimum Gasteiger partial charge on any atom is -0.464 e. The number of ether oxygens (including phenoxy) is 2. The van der Waals surface area contributed by atoms with E-state index in [1.165, 1.54) is 10.9 Å². The Morgan fingerprint density at radius 2 is 2.14 bits per heavy atom. The lowest BCUT2D eigenvalue weighted by Crippen LogP contribution is -2.33. The number of aromatic nitrogens is 4. The summed E-state index contributed by atoms with van der Waals surface area (Å²) in [7, 11) is 0. The molecule has 2 unspecified atom stereocenters. The lowest BCUT2D eigenvalue weighted by atomic mass is 10.1. The van der Waals surface area contributed by atoms with Crippen LogP contribution in [0.4, 0.5) is 5.82 Å². The third-order valence-electron chi connectivity index (χ3n) is 3.49. The second-order valence-corrected chi connectivity index (χ2v) is 4.88. The molecule has 2 aromatic heterocycles. The Labute approximate surface area is 125 Å². The molecular formula is C12H17N5O5. The summed E-state index contributed by atoms with van der Waals surface area (Å²) in [5.41, 5.74) is 6.46. The molecule has 0 saturated carbocycles. The number of hydrogen-bond acceptors (Lipinski definition) is 9. The first-order valence-corrected chi connectivity index (χ1v) is 6.82. The molecule has 5 N–H and O–H groups in total. The molecule has 10 heteroatoms. The summed E-state index contributed by atoms with van der Waals surface area (Å²) in [5.74, 6) is 0.138. The van der Waals surface area contributed by atoms with Gasteiger partial charge in [-0.05, 0) is 6.92 Å². The van der Waals surface area contributed by atoms with Crippen molar-refractivity contribution in [2.75, 3.05) is 18.9 Å². The maximum absolute atomic E-state index is 10.1. The van der Waals surface area contributed by atoms with Crippen molar-refractivity contribution in [3.8, 4) is 6.01 Å². The fourth-order valence-corrected chi connectivity index (χ4v) is 2.41. The van der Waals surface area contributed by atoms with E-state index in [4.69, 9.17) is 20.3 Å². The van der Waals surface area contributed by atoms with E-state index in [0.29, 0.717) is 17.8 Å². The number of hydrogen-bond donors (Lipinski definition) is 4. The largest absolute Gasteiger partial charge is 0.464 e. The second kappa shape index (κ2) is 5.65. The standard InChI is InChI=1S/C12H17N5O5/c1-2-21-12-15-9(13)6-10(16-12)17(4-14-6)11-8(20)7(19)5(3-18)22-11/h4-5,7-8,11,18-20H,2-3H2,1H3,(H2,13,15,16)/t5-,7?,8?,11-/m1/s1. The zero-order chi connectivity index (χ0) is 15.9. The van der Waals surface area contributed by atoms with E-state index in [-0.39, 0.29) is 11.8 Å². The molecule has 3 heterocycles. The summed E-state index contributed by atoms with van der Waals surface area (Å²) in [4.78, 5) is 12.3. The van der Waals surface area contributed by atoms with Crippen molar-refractivity contribution in [1.29, 1.82) is 0 Å². The van der Waals surface area contributed by atoms with Crippen LogP contribution >= 0.6 is 0 Å². The van der Waals surface area contributed by atoms with E-state index >= 15 is 0 Å². The van der Waals surface area contributed by atoms with E-state index in [1.54, 1.807) is 6.92 Å². The zero-order valence-corrected chi connectivity index (χ0v) is 11.8. The van der Waals surface area contributed by atoms with Crippen LogP contribution in [0.2, 0.25) is 0 Å². The molecule has 0 amide bonds. The van der Waals surface area contributed by atoms with Crippen LogP contribution in [0.3, 0.4) is 0 Å². The number of nitrogen functional groups attached to an aromatic ring is 1. The fourth-order valence-electron chi connectivity index (χ4n) is 2.41. The number of aliphatic hydroxyl groups excluding tert-OH is 3. The van der Waals surface area contributed by atoms with E-state index in [9.17, 15) is 10.2 Å². The number of imidazole rings is 1. The number of rotatable bonds is 4. The van der Waals surface area contributed by atoms with Crippen molar-refractivity contribution < 1.29 is 24.8 Å². The summed E-state index contributed by atoms with van der Waals surface area (Å²) < 4.78 is 12.1. The van der Waals surface area contributed by atoms with Gasteiger partial charge in [0, 0.05) is 0 Å². The number of nitrogens with two attached hydrogens (primary N) is 1. The minimum atomic E-state index is -1.23. The molecule has 2 aromatic rings. The van der Waals surface area contributed by atoms with Crippen LogP contribution < -0.4 is 10.5 Å². The minimum absolute atomic E-state index is 0.0843. The predicted octanol–water partition coefficient (Wildman–Crippen LogP) is -1.58. The van der Waals surface area contributed by atoms with Gasteiger partial charge in [0.2, 0.25) is 0 Å². The predicted molar refractivity (Wildman–Crippen MR) is 73.9 cm³/mol. The van der Waals surface area contributed by atoms with Crippen molar-refractivity contribution in [2.24, 2.45) is 0 Å². The fraction of sp³-hybridized carbons (Fsp3) is 0.583. The van der Waals surface area contributed by atoms with Gasteiger partial charge in [-0.3, -0.25) is 4.57 Å². The monoisotopic (exact) mass is 311 g/mol. The number of aliphatic hydroxyl groups is 3. The highest BCUT2D eigenvalue weighted by Gasteiger charge is 2.44. The summed E-state index contributed by atoms with van der Waals surface area (Å²) in [6.45, 7) is 1.74. The van der Waals surface area contributed by atoms with Crippen molar-refractivity contribution in [2.45, 2.75) is 31.5 Å². The van der Waals surface area contributed by atoms with E-state index in [1.807, 2.05) is 0 Å². The van der Waals surface area contributed by atoms with Crippen LogP contribution in [0, 0.1) is 0 Å². The highest BCUT2D eigenvalue weighted by molar-refractivity contribution is 5.82. The van der Waals surface area contributed by atoms with Crippen LogP contribution in [-0.4, -0.2) is 66.4 Å². The van der Waals surface area contributed by atoms with Crippen molar-refractivity contribution in [3.63, 3.8) is 0 Å². The molecule has 0 aromatic carbocycles. The average Bonchev–Trinajstić information content (AvgIpc) is 3.03. The normalized spacial score (nSPS) is 28.4. The van der Waals surface area contributed by atoms with Gasteiger partial charge in [0.1, 0.15) is 18.3 Å². The Morgan fingerprint density at radius 3 is 2.77 bits per heavy atom. The molecule has 1 aliphatic heterocycles. The van der Waals surface area contributed by atoms with Crippen molar-refractivity contribution in [3.05, 3.63) is 6.33 Å². The maximum atomic E-state index is 10.1. The third-order valence-corrected chi connectivity index (χ3v) is 3.49. The van der Waals surface area contributed by atoms with Gasteiger partial charge < -0.3 is 30.5 Å². The average molecular weight is 311 g/mol. The Bertz CT molecular complexity index is 677. The van der Waals surface area contributed by atoms with Crippen LogP contribution in [0.25, 0.3) is 11.2 Å². The number of nitrogens with zero attached hydrogens (tertiary/aromatic N) is 4. The lowest BCUT2D eigenvalue weighted by Gasteiger charge is -2.16. The molecule has 0 spiro atoms. The maximum Gasteiger partial charge on any atom is 0.320 e. The van der Waals surface area contributed by atoms with Crippen LogP contribution in [0.5, 0.6) is 6.01 Å². The molecule has 1 fully saturated rings. The molecule has 0 radical (unpaired) electrons. The Kier molecular flexibility index (Phi) is 3.83. The quantitative estimate of drug-likeness (QED) is 0.524. The van der Waals surface area contributed by atoms with Gasteiger partial charge in [0.15, 0.2) is 23.2 Å². The van der Waals surface area contributed by atoms with Crippen molar-refractivity contribution >= 4 is 17.0 Å². The molecular weight excluding hydrogens is 294 g/mol. The van der Waals surface area contributed by atoms with E-state index in [2.05, 4.69) is 15.0 Å². The van der Waals surface area contributed by atoms with Gasteiger partial charge in [-0.15, -0.1) is 0 Å². The molecule has 0 bridgehead atoms. The Balaban J connectivity index is 2.04. The zero-order valence-electron chi connectivity index (χ0n) is 11.8. The smallest absolute Gasteiger partial charge is 0.320 e. The third kappa shape index (κ3) is 2.25. The van der Waals surface area contributed by atoms with Gasteiger partial charge in [0.25, 0.3) is 0 Å². The highest BCUT2D eigenvalue weighted by Crippen LogP contribution is 2.32. The Hall–Kier alpha value is -2.01. The van der Waals surface area contributed by atoms with Crippen LogP contribution in [0.1, 0.15) is 13.2 Å². The lowest BCUT2D eigenvalue weighted by molar-refractivity contribution is -0.0511. The van der Waals surface area contributed by atoms with Crippen molar-refractivity contribution in [1.82, 2.24) is 19.5 Å². The first-order chi connectivity index (χ1) is 10.6. The first kappa shape index (κ1) is 14.9. The molecule has 4 atom stereocenters. The molecule has 1 aliphatic rings. The molecule has 0 aliphatic carbocycles. The molecule has 10 nitrogen and oxygen atoms in total. The van der Waals surface area contributed by atoms with Gasteiger partial charge in [-0.1, -0.05) is 0 Å². The van der Waals surface area contributed by atoms with Crippen LogP contribution in [0.15, 0.2) is 6.33 Å². The summed E-state index contributed by atoms with van der Waals surface area (Å²) in [5, 5.41) is 29.1. The van der Waals surface area contributed by atoms with Gasteiger partial charge in [-0.25, -0.2) is 4.98 Å². The van der Waals surface area contributed by atoms with E-state index < -0.39 is 31.1 Å². The van der Waals surface area contributed by atoms with Gasteiger partial charge in [0.05, 0.1) is 19.5 Å². The summed E-state index contributed by atoms with van der Waals surface area (Å²) in [6.07, 6.45) is -2.89. The molecule has 1 saturated heterocycles. The van der Waals surface area contributed by atoms with E-state index in [0.717, 1.165) is 0 Å². The van der Waals surface area contributed by atoms with Gasteiger partial charge in [-0.2, -0.15) is 9.97 Å². The topological polar surface area (TPSA) is 149 Å². The van der Waals surface area contributed by atoms with Gasteiger partial charge >= 0.3 is 6.01 Å². The van der Waals surface area contributed by atoms with Crippen LogP contribution in [-0.2, 0) is 4.74 Å².